The van der Waals surface area contributed by atoms with Gasteiger partial charge in [-0.3, -0.25) is 24.2 Å². The topological polar surface area (TPSA) is 79.8 Å². The number of benzene rings is 2. The fourth-order valence-electron chi connectivity index (χ4n) is 4.04. The Morgan fingerprint density at radius 2 is 1.81 bits per heavy atom. The SMILES string of the molecule is O=C1c2ccccc2C(=O)N1CCC(=O)N(CC1CCCO1)c1nc2ccccc2s1. The van der Waals surface area contributed by atoms with Crippen LogP contribution in [-0.2, 0) is 9.53 Å². The number of rotatable bonds is 6. The summed E-state index contributed by atoms with van der Waals surface area (Å²) in [5.74, 6) is -0.871. The molecule has 0 bridgehead atoms. The molecule has 1 unspecified atom stereocenters. The van der Waals surface area contributed by atoms with Crippen LogP contribution in [-0.4, -0.2) is 53.4 Å². The number of imide groups is 1. The van der Waals surface area contributed by atoms with Gasteiger partial charge in [0.05, 0.1) is 34.0 Å². The van der Waals surface area contributed by atoms with Crippen LogP contribution in [0.2, 0.25) is 0 Å². The van der Waals surface area contributed by atoms with Crippen LogP contribution >= 0.6 is 11.3 Å². The molecular formula is C23H21N3O4S. The Morgan fingerprint density at radius 3 is 2.48 bits per heavy atom. The van der Waals surface area contributed by atoms with E-state index in [-0.39, 0.29) is 36.8 Å². The van der Waals surface area contributed by atoms with E-state index in [1.54, 1.807) is 29.2 Å². The molecule has 3 aromatic rings. The predicted octanol–water partition coefficient (Wildman–Crippen LogP) is 3.49. The monoisotopic (exact) mass is 435 g/mol. The zero-order valence-electron chi connectivity index (χ0n) is 16.8. The summed E-state index contributed by atoms with van der Waals surface area (Å²) in [4.78, 5) is 45.9. The summed E-state index contributed by atoms with van der Waals surface area (Å²) in [6.45, 7) is 1.15. The van der Waals surface area contributed by atoms with E-state index >= 15 is 0 Å². The molecule has 2 aliphatic heterocycles. The molecule has 0 saturated carbocycles. The second kappa shape index (κ2) is 8.20. The summed E-state index contributed by atoms with van der Waals surface area (Å²) in [5.41, 5.74) is 1.62. The molecule has 158 valence electrons. The van der Waals surface area contributed by atoms with Gasteiger partial charge in [-0.1, -0.05) is 35.6 Å². The number of thiazole rings is 1. The molecule has 0 aliphatic carbocycles. The molecule has 7 nitrogen and oxygen atoms in total. The largest absolute Gasteiger partial charge is 0.376 e. The number of para-hydroxylation sites is 1. The molecule has 1 aromatic heterocycles. The number of amides is 3. The van der Waals surface area contributed by atoms with Crippen LogP contribution in [0.3, 0.4) is 0 Å². The highest BCUT2D eigenvalue weighted by molar-refractivity contribution is 7.22. The van der Waals surface area contributed by atoms with Crippen molar-refractivity contribution in [2.45, 2.75) is 25.4 Å². The number of hydrogen-bond donors (Lipinski definition) is 0. The number of carbonyl (C=O) groups is 3. The maximum absolute atomic E-state index is 13.2. The lowest BCUT2D eigenvalue weighted by molar-refractivity contribution is -0.119. The first kappa shape index (κ1) is 19.8. The Morgan fingerprint density at radius 1 is 1.10 bits per heavy atom. The molecule has 8 heteroatoms. The lowest BCUT2D eigenvalue weighted by atomic mass is 10.1. The van der Waals surface area contributed by atoms with E-state index in [1.807, 2.05) is 24.3 Å². The molecule has 1 atom stereocenters. The first-order chi connectivity index (χ1) is 15.1. The number of anilines is 1. The highest BCUT2D eigenvalue weighted by Gasteiger charge is 2.36. The third kappa shape index (κ3) is 3.73. The van der Waals surface area contributed by atoms with Crippen LogP contribution in [0.15, 0.2) is 48.5 Å². The second-order valence-corrected chi connectivity index (χ2v) is 8.67. The van der Waals surface area contributed by atoms with Crippen molar-refractivity contribution < 1.29 is 19.1 Å². The standard InChI is InChI=1S/C23H21N3O4S/c27-20(11-12-25-21(28)16-7-1-2-8-17(16)22(25)29)26(14-15-6-5-13-30-15)23-24-18-9-3-4-10-19(18)31-23/h1-4,7-10,15H,5-6,11-14H2. The molecule has 3 heterocycles. The summed E-state index contributed by atoms with van der Waals surface area (Å²) in [6.07, 6.45) is 1.87. The third-order valence-electron chi connectivity index (χ3n) is 5.65. The Labute approximate surface area is 183 Å². The van der Waals surface area contributed by atoms with E-state index in [1.165, 1.54) is 11.3 Å². The summed E-state index contributed by atoms with van der Waals surface area (Å²) in [7, 11) is 0. The van der Waals surface area contributed by atoms with E-state index in [9.17, 15) is 14.4 Å². The lowest BCUT2D eigenvalue weighted by Gasteiger charge is -2.24. The summed E-state index contributed by atoms with van der Waals surface area (Å²) in [6, 6.07) is 14.5. The number of fused-ring (bicyclic) bond motifs is 2. The number of nitrogens with zero attached hydrogens (tertiary/aromatic N) is 3. The van der Waals surface area contributed by atoms with E-state index < -0.39 is 0 Å². The summed E-state index contributed by atoms with van der Waals surface area (Å²) in [5, 5.41) is 0.615. The van der Waals surface area contributed by atoms with Gasteiger partial charge in [-0.05, 0) is 37.1 Å². The van der Waals surface area contributed by atoms with Crippen LogP contribution in [0.1, 0.15) is 40.0 Å². The van der Waals surface area contributed by atoms with Gasteiger partial charge in [0.15, 0.2) is 5.13 Å². The minimum atomic E-state index is -0.348. The van der Waals surface area contributed by atoms with E-state index in [0.29, 0.717) is 29.4 Å². The average molecular weight is 436 g/mol. The summed E-state index contributed by atoms with van der Waals surface area (Å²) < 4.78 is 6.75. The first-order valence-electron chi connectivity index (χ1n) is 10.3. The van der Waals surface area contributed by atoms with Gasteiger partial charge < -0.3 is 4.74 Å². The van der Waals surface area contributed by atoms with Crippen molar-refractivity contribution >= 4 is 44.4 Å². The van der Waals surface area contributed by atoms with Gasteiger partial charge in [-0.2, -0.15) is 0 Å². The Kier molecular flexibility index (Phi) is 5.25. The van der Waals surface area contributed by atoms with Gasteiger partial charge in [0.2, 0.25) is 5.91 Å². The van der Waals surface area contributed by atoms with Crippen molar-refractivity contribution in [3.05, 3.63) is 59.7 Å². The Balaban J connectivity index is 1.35. The summed E-state index contributed by atoms with van der Waals surface area (Å²) >= 11 is 1.46. The minimum Gasteiger partial charge on any atom is -0.376 e. The molecule has 5 rings (SSSR count). The van der Waals surface area contributed by atoms with Gasteiger partial charge in [-0.15, -0.1) is 0 Å². The molecule has 0 spiro atoms. The number of hydrogen-bond acceptors (Lipinski definition) is 6. The maximum Gasteiger partial charge on any atom is 0.261 e. The van der Waals surface area contributed by atoms with Crippen LogP contribution in [0.25, 0.3) is 10.2 Å². The fourth-order valence-corrected chi connectivity index (χ4v) is 5.03. The highest BCUT2D eigenvalue weighted by Crippen LogP contribution is 2.30. The predicted molar refractivity (Wildman–Crippen MR) is 117 cm³/mol. The molecule has 3 amide bonds. The van der Waals surface area contributed by atoms with Crippen molar-refractivity contribution in [1.82, 2.24) is 9.88 Å². The molecule has 0 radical (unpaired) electrons. The van der Waals surface area contributed by atoms with Crippen LogP contribution in [0.5, 0.6) is 0 Å². The lowest BCUT2D eigenvalue weighted by Crippen LogP contribution is -2.40. The van der Waals surface area contributed by atoms with Gasteiger partial charge in [-0.25, -0.2) is 4.98 Å². The third-order valence-corrected chi connectivity index (χ3v) is 6.71. The van der Waals surface area contributed by atoms with Gasteiger partial charge in [0.25, 0.3) is 11.8 Å². The second-order valence-electron chi connectivity index (χ2n) is 7.66. The quantitative estimate of drug-likeness (QED) is 0.554. The van der Waals surface area contributed by atoms with Crippen LogP contribution in [0, 0.1) is 0 Å². The van der Waals surface area contributed by atoms with Crippen molar-refractivity contribution in [3.63, 3.8) is 0 Å². The van der Waals surface area contributed by atoms with E-state index in [0.717, 1.165) is 28.0 Å². The molecular weight excluding hydrogens is 414 g/mol. The van der Waals surface area contributed by atoms with Gasteiger partial charge >= 0.3 is 0 Å². The number of carbonyl (C=O) groups excluding carboxylic acids is 3. The zero-order valence-corrected chi connectivity index (χ0v) is 17.6. The average Bonchev–Trinajstić information content (AvgIpc) is 3.50. The molecule has 2 aromatic carbocycles. The number of ether oxygens (including phenoxy) is 1. The van der Waals surface area contributed by atoms with E-state index in [2.05, 4.69) is 4.98 Å². The van der Waals surface area contributed by atoms with Gasteiger partial charge in [0.1, 0.15) is 0 Å². The molecule has 31 heavy (non-hydrogen) atoms. The first-order valence-corrected chi connectivity index (χ1v) is 11.2. The Hall–Kier alpha value is -3.10. The Bertz CT molecular complexity index is 1100. The molecule has 1 fully saturated rings. The van der Waals surface area contributed by atoms with Crippen molar-refractivity contribution in [2.75, 3.05) is 24.6 Å². The maximum atomic E-state index is 13.2. The van der Waals surface area contributed by atoms with Crippen LogP contribution in [0.4, 0.5) is 5.13 Å². The van der Waals surface area contributed by atoms with Crippen LogP contribution < -0.4 is 4.90 Å². The molecule has 2 aliphatic rings. The van der Waals surface area contributed by atoms with E-state index in [4.69, 9.17) is 4.74 Å². The van der Waals surface area contributed by atoms with Crippen molar-refractivity contribution in [1.29, 1.82) is 0 Å². The fraction of sp³-hybridized carbons (Fsp3) is 0.304. The molecule has 0 N–H and O–H groups in total. The van der Waals surface area contributed by atoms with Gasteiger partial charge in [0, 0.05) is 19.6 Å². The normalized spacial score (nSPS) is 18.1. The zero-order chi connectivity index (χ0) is 21.4. The smallest absolute Gasteiger partial charge is 0.261 e. The molecule has 1 saturated heterocycles. The van der Waals surface area contributed by atoms with Crippen molar-refractivity contribution in [2.24, 2.45) is 0 Å². The number of aromatic nitrogens is 1. The minimum absolute atomic E-state index is 0.0322. The highest BCUT2D eigenvalue weighted by atomic mass is 32.1. The van der Waals surface area contributed by atoms with Crippen molar-refractivity contribution in [3.8, 4) is 0 Å².